The number of aryl methyl sites for hydroxylation is 1. The first kappa shape index (κ1) is 10.9. The van der Waals surface area contributed by atoms with Crippen molar-refractivity contribution in [2.75, 3.05) is 6.54 Å². The van der Waals surface area contributed by atoms with E-state index in [9.17, 15) is 0 Å². The smallest absolute Gasteiger partial charge is 0.0755 e. The minimum atomic E-state index is 0.406. The van der Waals surface area contributed by atoms with Gasteiger partial charge in [0.1, 0.15) is 0 Å². The summed E-state index contributed by atoms with van der Waals surface area (Å²) in [4.78, 5) is 1.26. The summed E-state index contributed by atoms with van der Waals surface area (Å²) >= 11 is 1.70. The van der Waals surface area contributed by atoms with Crippen LogP contribution in [0.4, 0.5) is 0 Å². The second-order valence-electron chi connectivity index (χ2n) is 3.44. The molecule has 2 aromatic rings. The standard InChI is InChI=1S/C12H13N3S/c1-10-4-6-14-15(10)8-12-7-11(9-16-12)3-2-5-13/h4,6-7,9H,5,8,13H2,1H3. The van der Waals surface area contributed by atoms with Crippen LogP contribution >= 0.6 is 11.3 Å². The van der Waals surface area contributed by atoms with Crippen LogP contribution in [0.25, 0.3) is 0 Å². The molecule has 3 nitrogen and oxygen atoms in total. The number of rotatable bonds is 2. The molecule has 0 aromatic carbocycles. The average molecular weight is 231 g/mol. The fraction of sp³-hybridized carbons (Fsp3) is 0.250. The van der Waals surface area contributed by atoms with Gasteiger partial charge in [-0.05, 0) is 19.1 Å². The van der Waals surface area contributed by atoms with E-state index in [0.29, 0.717) is 6.54 Å². The molecule has 0 radical (unpaired) electrons. The zero-order valence-corrected chi connectivity index (χ0v) is 9.92. The molecule has 2 aromatic heterocycles. The van der Waals surface area contributed by atoms with Crippen LogP contribution in [0.15, 0.2) is 23.7 Å². The summed E-state index contributed by atoms with van der Waals surface area (Å²) in [6.45, 7) is 3.27. The normalized spacial score (nSPS) is 9.88. The van der Waals surface area contributed by atoms with Crippen molar-refractivity contribution in [3.05, 3.63) is 39.8 Å². The molecule has 0 atom stereocenters. The van der Waals surface area contributed by atoms with Gasteiger partial charge in [0.25, 0.3) is 0 Å². The Morgan fingerprint density at radius 3 is 3.12 bits per heavy atom. The Labute approximate surface area is 98.9 Å². The predicted octanol–water partition coefficient (Wildman–Crippen LogP) is 1.61. The van der Waals surface area contributed by atoms with Crippen molar-refractivity contribution in [1.82, 2.24) is 9.78 Å². The zero-order chi connectivity index (χ0) is 11.4. The highest BCUT2D eigenvalue weighted by molar-refractivity contribution is 7.10. The molecule has 2 heterocycles. The Bertz CT molecular complexity index is 528. The Balaban J connectivity index is 2.11. The van der Waals surface area contributed by atoms with Gasteiger partial charge >= 0.3 is 0 Å². The number of hydrogen-bond donors (Lipinski definition) is 1. The molecular weight excluding hydrogens is 218 g/mol. The van der Waals surface area contributed by atoms with Crippen LogP contribution in [-0.4, -0.2) is 16.3 Å². The van der Waals surface area contributed by atoms with E-state index in [0.717, 1.165) is 12.1 Å². The van der Waals surface area contributed by atoms with Gasteiger partial charge in [0.2, 0.25) is 0 Å². The van der Waals surface area contributed by atoms with Gasteiger partial charge in [0.15, 0.2) is 0 Å². The summed E-state index contributed by atoms with van der Waals surface area (Å²) in [6, 6.07) is 4.09. The molecule has 16 heavy (non-hydrogen) atoms. The van der Waals surface area contributed by atoms with E-state index in [4.69, 9.17) is 5.73 Å². The number of thiophene rings is 1. The van der Waals surface area contributed by atoms with E-state index >= 15 is 0 Å². The van der Waals surface area contributed by atoms with Crippen molar-refractivity contribution in [1.29, 1.82) is 0 Å². The van der Waals surface area contributed by atoms with Crippen LogP contribution in [-0.2, 0) is 6.54 Å². The second kappa shape index (κ2) is 4.97. The maximum absolute atomic E-state index is 5.33. The molecule has 0 saturated carbocycles. The summed E-state index contributed by atoms with van der Waals surface area (Å²) in [5.41, 5.74) is 7.54. The number of hydrogen-bond acceptors (Lipinski definition) is 3. The van der Waals surface area contributed by atoms with E-state index in [-0.39, 0.29) is 0 Å². The fourth-order valence-corrected chi connectivity index (χ4v) is 2.19. The lowest BCUT2D eigenvalue weighted by atomic mass is 10.3. The second-order valence-corrected chi connectivity index (χ2v) is 4.43. The Hall–Kier alpha value is -1.57. The van der Waals surface area contributed by atoms with Crippen molar-refractivity contribution in [3.8, 4) is 11.8 Å². The van der Waals surface area contributed by atoms with Crippen molar-refractivity contribution in [2.24, 2.45) is 5.73 Å². The lowest BCUT2D eigenvalue weighted by molar-refractivity contribution is 0.672. The SMILES string of the molecule is Cc1ccnn1Cc1cc(C#CCN)cs1. The van der Waals surface area contributed by atoms with Gasteiger partial charge in [-0.25, -0.2) is 0 Å². The highest BCUT2D eigenvalue weighted by Gasteiger charge is 2.01. The lowest BCUT2D eigenvalue weighted by Crippen LogP contribution is -2.01. The van der Waals surface area contributed by atoms with Gasteiger partial charge in [-0.2, -0.15) is 5.10 Å². The van der Waals surface area contributed by atoms with Gasteiger partial charge in [-0.1, -0.05) is 11.8 Å². The maximum Gasteiger partial charge on any atom is 0.0755 e. The molecule has 0 aliphatic heterocycles. The molecule has 82 valence electrons. The number of nitrogens with two attached hydrogens (primary N) is 1. The maximum atomic E-state index is 5.33. The van der Waals surface area contributed by atoms with E-state index in [2.05, 4.69) is 35.3 Å². The topological polar surface area (TPSA) is 43.8 Å². The summed E-state index contributed by atoms with van der Waals surface area (Å²) in [6.07, 6.45) is 1.82. The molecular formula is C12H13N3S. The van der Waals surface area contributed by atoms with E-state index < -0.39 is 0 Å². The van der Waals surface area contributed by atoms with Crippen LogP contribution in [0, 0.1) is 18.8 Å². The molecule has 0 bridgehead atoms. The van der Waals surface area contributed by atoms with Crippen molar-refractivity contribution in [2.45, 2.75) is 13.5 Å². The van der Waals surface area contributed by atoms with Gasteiger partial charge in [0, 0.05) is 27.7 Å². The van der Waals surface area contributed by atoms with Gasteiger partial charge in [0.05, 0.1) is 13.1 Å². The molecule has 4 heteroatoms. The van der Waals surface area contributed by atoms with Crippen LogP contribution in [0.3, 0.4) is 0 Å². The fourth-order valence-electron chi connectivity index (χ4n) is 1.39. The summed E-state index contributed by atoms with van der Waals surface area (Å²) in [5.74, 6) is 5.87. The first-order valence-corrected chi connectivity index (χ1v) is 5.92. The minimum absolute atomic E-state index is 0.406. The molecule has 0 fully saturated rings. The minimum Gasteiger partial charge on any atom is -0.320 e. The van der Waals surface area contributed by atoms with Crippen LogP contribution in [0.2, 0.25) is 0 Å². The molecule has 0 spiro atoms. The quantitative estimate of drug-likeness (QED) is 0.798. The van der Waals surface area contributed by atoms with E-state index in [1.807, 2.05) is 16.9 Å². The Morgan fingerprint density at radius 2 is 2.44 bits per heavy atom. The average Bonchev–Trinajstić information content (AvgIpc) is 2.87. The molecule has 0 unspecified atom stereocenters. The number of aromatic nitrogens is 2. The lowest BCUT2D eigenvalue weighted by Gasteiger charge is -2.00. The van der Waals surface area contributed by atoms with Crippen molar-refractivity contribution in [3.63, 3.8) is 0 Å². The van der Waals surface area contributed by atoms with E-state index in [1.165, 1.54) is 10.6 Å². The largest absolute Gasteiger partial charge is 0.320 e. The molecule has 0 aliphatic carbocycles. The van der Waals surface area contributed by atoms with Gasteiger partial charge in [-0.15, -0.1) is 11.3 Å². The van der Waals surface area contributed by atoms with Crippen LogP contribution in [0.5, 0.6) is 0 Å². The molecule has 2 N–H and O–H groups in total. The highest BCUT2D eigenvalue weighted by atomic mass is 32.1. The highest BCUT2D eigenvalue weighted by Crippen LogP contribution is 2.15. The Morgan fingerprint density at radius 1 is 1.56 bits per heavy atom. The monoisotopic (exact) mass is 231 g/mol. The van der Waals surface area contributed by atoms with Crippen molar-refractivity contribution < 1.29 is 0 Å². The Kier molecular flexibility index (Phi) is 3.40. The van der Waals surface area contributed by atoms with Crippen LogP contribution < -0.4 is 5.73 Å². The zero-order valence-electron chi connectivity index (χ0n) is 9.10. The van der Waals surface area contributed by atoms with Crippen LogP contribution in [0.1, 0.15) is 16.1 Å². The predicted molar refractivity (Wildman–Crippen MR) is 66.3 cm³/mol. The molecule has 0 saturated heterocycles. The van der Waals surface area contributed by atoms with Gasteiger partial charge in [-0.3, -0.25) is 4.68 Å². The van der Waals surface area contributed by atoms with Crippen molar-refractivity contribution >= 4 is 11.3 Å². The third-order valence-electron chi connectivity index (χ3n) is 2.22. The van der Waals surface area contributed by atoms with Gasteiger partial charge < -0.3 is 5.73 Å². The molecule has 2 rings (SSSR count). The third-order valence-corrected chi connectivity index (χ3v) is 3.14. The first-order chi connectivity index (χ1) is 7.79. The summed E-state index contributed by atoms with van der Waals surface area (Å²) in [7, 11) is 0. The molecule has 0 amide bonds. The van der Waals surface area contributed by atoms with E-state index in [1.54, 1.807) is 11.3 Å². The first-order valence-electron chi connectivity index (χ1n) is 5.04. The number of nitrogens with zero attached hydrogens (tertiary/aromatic N) is 2. The molecule has 0 aliphatic rings. The summed E-state index contributed by atoms with van der Waals surface area (Å²) in [5, 5.41) is 6.30. The summed E-state index contributed by atoms with van der Waals surface area (Å²) < 4.78 is 1.98. The third kappa shape index (κ3) is 2.51.